The zero-order chi connectivity index (χ0) is 10.8. The fourth-order valence-electron chi connectivity index (χ4n) is 1.71. The van der Waals surface area contributed by atoms with Gasteiger partial charge in [0.05, 0.1) is 5.25 Å². The Morgan fingerprint density at radius 2 is 1.79 bits per heavy atom. The molecule has 0 atom stereocenters. The molecule has 0 unspecified atom stereocenters. The molecule has 14 heavy (non-hydrogen) atoms. The van der Waals surface area contributed by atoms with Gasteiger partial charge in [0.15, 0.2) is 0 Å². The van der Waals surface area contributed by atoms with Crippen LogP contribution < -0.4 is 5.32 Å². The lowest BCUT2D eigenvalue weighted by molar-refractivity contribution is 0.294. The predicted octanol–water partition coefficient (Wildman–Crippen LogP) is 0.408. The van der Waals surface area contributed by atoms with Crippen LogP contribution in [0.4, 0.5) is 0 Å². The first-order valence-corrected chi connectivity index (χ1v) is 6.64. The highest BCUT2D eigenvalue weighted by Gasteiger charge is 2.29. The largest absolute Gasteiger partial charge is 0.317 e. The smallest absolute Gasteiger partial charge is 0.216 e. The van der Waals surface area contributed by atoms with Crippen molar-refractivity contribution in [2.45, 2.75) is 38.0 Å². The van der Waals surface area contributed by atoms with Crippen LogP contribution in [0.15, 0.2) is 0 Å². The second kappa shape index (κ2) is 4.59. The van der Waals surface area contributed by atoms with E-state index in [1.54, 1.807) is 25.2 Å². The normalized spacial score (nSPS) is 20.6. The van der Waals surface area contributed by atoms with Crippen LogP contribution in [0.3, 0.4) is 0 Å². The summed E-state index contributed by atoms with van der Waals surface area (Å²) in [5, 5.41) is 2.91. The minimum atomic E-state index is -3.07. The predicted molar refractivity (Wildman–Crippen MR) is 57.7 cm³/mol. The molecule has 1 saturated heterocycles. The Kier molecular flexibility index (Phi) is 3.92. The van der Waals surface area contributed by atoms with E-state index in [0.717, 1.165) is 25.9 Å². The van der Waals surface area contributed by atoms with Crippen LogP contribution in [0.25, 0.3) is 0 Å². The lowest BCUT2D eigenvalue weighted by Crippen LogP contribution is -2.46. The van der Waals surface area contributed by atoms with Crippen molar-refractivity contribution in [3.63, 3.8) is 0 Å². The van der Waals surface area contributed by atoms with Crippen LogP contribution in [-0.2, 0) is 10.0 Å². The van der Waals surface area contributed by atoms with E-state index < -0.39 is 10.0 Å². The van der Waals surface area contributed by atoms with Gasteiger partial charge in [-0.15, -0.1) is 0 Å². The summed E-state index contributed by atoms with van der Waals surface area (Å²) in [6.07, 6.45) is 1.84. The standard InChI is InChI=1S/C9H20N2O2S/c1-8(2)14(12,13)11(3)9-4-6-10-7-5-9/h8-10H,4-7H2,1-3H3. The second-order valence-electron chi connectivity index (χ2n) is 4.09. The van der Waals surface area contributed by atoms with Crippen LogP contribution >= 0.6 is 0 Å². The number of piperidine rings is 1. The molecule has 5 heteroatoms. The highest BCUT2D eigenvalue weighted by molar-refractivity contribution is 7.89. The maximum Gasteiger partial charge on any atom is 0.216 e. The molecule has 1 N–H and O–H groups in total. The van der Waals surface area contributed by atoms with Crippen molar-refractivity contribution in [2.75, 3.05) is 20.1 Å². The Morgan fingerprint density at radius 1 is 1.29 bits per heavy atom. The minimum Gasteiger partial charge on any atom is -0.317 e. The van der Waals surface area contributed by atoms with E-state index >= 15 is 0 Å². The highest BCUT2D eigenvalue weighted by Crippen LogP contribution is 2.16. The van der Waals surface area contributed by atoms with E-state index in [1.807, 2.05) is 0 Å². The van der Waals surface area contributed by atoms with Crippen molar-refractivity contribution in [3.8, 4) is 0 Å². The third kappa shape index (κ3) is 2.46. The first kappa shape index (κ1) is 11.9. The number of sulfonamides is 1. The molecular weight excluding hydrogens is 200 g/mol. The number of hydrogen-bond donors (Lipinski definition) is 1. The van der Waals surface area contributed by atoms with Gasteiger partial charge in [0.2, 0.25) is 10.0 Å². The SMILES string of the molecule is CC(C)S(=O)(=O)N(C)C1CCNCC1. The van der Waals surface area contributed by atoms with Crippen molar-refractivity contribution in [1.82, 2.24) is 9.62 Å². The molecular formula is C9H20N2O2S. The van der Waals surface area contributed by atoms with Gasteiger partial charge in [-0.25, -0.2) is 12.7 Å². The van der Waals surface area contributed by atoms with Crippen LogP contribution in [0.1, 0.15) is 26.7 Å². The average molecular weight is 220 g/mol. The maximum absolute atomic E-state index is 11.8. The third-order valence-electron chi connectivity index (χ3n) is 2.82. The summed E-state index contributed by atoms with van der Waals surface area (Å²) < 4.78 is 25.2. The molecule has 4 nitrogen and oxygen atoms in total. The third-order valence-corrected chi connectivity index (χ3v) is 5.11. The summed E-state index contributed by atoms with van der Waals surface area (Å²) in [5.74, 6) is 0. The summed E-state index contributed by atoms with van der Waals surface area (Å²) in [6, 6.07) is 0.184. The topological polar surface area (TPSA) is 49.4 Å². The summed E-state index contributed by atoms with van der Waals surface area (Å²) in [4.78, 5) is 0. The number of nitrogens with one attached hydrogen (secondary N) is 1. The summed E-state index contributed by atoms with van der Waals surface area (Å²) in [6.45, 7) is 5.30. The van der Waals surface area contributed by atoms with Crippen molar-refractivity contribution >= 4 is 10.0 Å². The fourth-order valence-corrected chi connectivity index (χ4v) is 3.00. The molecule has 0 bridgehead atoms. The molecule has 84 valence electrons. The average Bonchev–Trinajstić information content (AvgIpc) is 2.17. The van der Waals surface area contributed by atoms with Crippen molar-refractivity contribution in [1.29, 1.82) is 0 Å². The molecule has 0 aliphatic carbocycles. The first-order valence-electron chi connectivity index (χ1n) is 5.14. The molecule has 0 aromatic heterocycles. The van der Waals surface area contributed by atoms with E-state index in [2.05, 4.69) is 5.32 Å². The number of nitrogens with zero attached hydrogens (tertiary/aromatic N) is 1. The lowest BCUT2D eigenvalue weighted by Gasteiger charge is -2.31. The van der Waals surface area contributed by atoms with Crippen LogP contribution in [-0.4, -0.2) is 44.2 Å². The van der Waals surface area contributed by atoms with Crippen LogP contribution in [0.5, 0.6) is 0 Å². The first-order chi connectivity index (χ1) is 6.46. The van der Waals surface area contributed by atoms with E-state index in [-0.39, 0.29) is 11.3 Å². The molecule has 1 heterocycles. The van der Waals surface area contributed by atoms with Gasteiger partial charge < -0.3 is 5.32 Å². The quantitative estimate of drug-likeness (QED) is 0.749. The second-order valence-corrected chi connectivity index (χ2v) is 6.64. The number of rotatable bonds is 3. The van der Waals surface area contributed by atoms with E-state index in [1.165, 1.54) is 0 Å². The van der Waals surface area contributed by atoms with Gasteiger partial charge in [-0.3, -0.25) is 0 Å². The fraction of sp³-hybridized carbons (Fsp3) is 1.00. The van der Waals surface area contributed by atoms with Crippen molar-refractivity contribution in [2.24, 2.45) is 0 Å². The van der Waals surface area contributed by atoms with Gasteiger partial charge in [0, 0.05) is 13.1 Å². The van der Waals surface area contributed by atoms with Crippen molar-refractivity contribution < 1.29 is 8.42 Å². The van der Waals surface area contributed by atoms with Gasteiger partial charge in [0.25, 0.3) is 0 Å². The molecule has 1 aliphatic heterocycles. The van der Waals surface area contributed by atoms with Gasteiger partial charge in [-0.05, 0) is 39.8 Å². The van der Waals surface area contributed by atoms with Gasteiger partial charge in [-0.2, -0.15) is 0 Å². The molecule has 0 amide bonds. The zero-order valence-electron chi connectivity index (χ0n) is 9.16. The van der Waals surface area contributed by atoms with E-state index in [4.69, 9.17) is 0 Å². The number of hydrogen-bond acceptors (Lipinski definition) is 3. The van der Waals surface area contributed by atoms with E-state index in [0.29, 0.717) is 0 Å². The summed E-state index contributed by atoms with van der Waals surface area (Å²) in [7, 11) is -1.37. The maximum atomic E-state index is 11.8. The van der Waals surface area contributed by atoms with Crippen LogP contribution in [0.2, 0.25) is 0 Å². The monoisotopic (exact) mass is 220 g/mol. The molecule has 0 radical (unpaired) electrons. The Labute approximate surface area is 86.7 Å². The molecule has 0 aromatic rings. The molecule has 1 fully saturated rings. The van der Waals surface area contributed by atoms with Crippen LogP contribution in [0, 0.1) is 0 Å². The Bertz CT molecular complexity index is 269. The minimum absolute atomic E-state index is 0.184. The Balaban J connectivity index is 2.68. The molecule has 1 aliphatic rings. The van der Waals surface area contributed by atoms with Gasteiger partial charge in [0.1, 0.15) is 0 Å². The van der Waals surface area contributed by atoms with Gasteiger partial charge >= 0.3 is 0 Å². The molecule has 1 rings (SSSR count). The van der Waals surface area contributed by atoms with Crippen molar-refractivity contribution in [3.05, 3.63) is 0 Å². The lowest BCUT2D eigenvalue weighted by atomic mass is 10.1. The zero-order valence-corrected chi connectivity index (χ0v) is 9.97. The summed E-state index contributed by atoms with van der Waals surface area (Å²) in [5.41, 5.74) is 0. The molecule has 0 spiro atoms. The Morgan fingerprint density at radius 3 is 2.21 bits per heavy atom. The summed E-state index contributed by atoms with van der Waals surface area (Å²) >= 11 is 0. The highest BCUT2D eigenvalue weighted by atomic mass is 32.2. The van der Waals surface area contributed by atoms with E-state index in [9.17, 15) is 8.42 Å². The van der Waals surface area contributed by atoms with Gasteiger partial charge in [-0.1, -0.05) is 0 Å². The molecule has 0 saturated carbocycles. The molecule has 0 aromatic carbocycles. The Hall–Kier alpha value is -0.130.